The molecule has 0 aromatic carbocycles. The second kappa shape index (κ2) is 4.92. The van der Waals surface area contributed by atoms with Crippen LogP contribution in [0.5, 0.6) is 0 Å². The number of rotatable bonds is 2. The van der Waals surface area contributed by atoms with Crippen molar-refractivity contribution in [3.8, 4) is 0 Å². The zero-order chi connectivity index (χ0) is 12.5. The molecule has 0 aromatic rings. The number of piperidine rings is 1. The number of likely N-dealkylation sites (tertiary alicyclic amines) is 1. The maximum Gasteiger partial charge on any atom is 0.245 e. The van der Waals surface area contributed by atoms with Crippen molar-refractivity contribution in [1.29, 1.82) is 0 Å². The molecule has 0 aromatic heterocycles. The lowest BCUT2D eigenvalue weighted by atomic mass is 9.93. The lowest BCUT2D eigenvalue weighted by Gasteiger charge is -2.40. The predicted molar refractivity (Wildman–Crippen MR) is 63.6 cm³/mol. The smallest absolute Gasteiger partial charge is 0.245 e. The number of hydrogen-bond donors (Lipinski definition) is 1. The zero-order valence-electron chi connectivity index (χ0n) is 10.6. The van der Waals surface area contributed by atoms with Gasteiger partial charge in [-0.15, -0.1) is 0 Å². The minimum absolute atomic E-state index is 0.0389. The van der Waals surface area contributed by atoms with Crippen molar-refractivity contribution in [2.45, 2.75) is 43.9 Å². The summed E-state index contributed by atoms with van der Waals surface area (Å²) in [4.78, 5) is 14.3. The number of methoxy groups -OCH3 is 1. The van der Waals surface area contributed by atoms with E-state index in [0.29, 0.717) is 19.6 Å². The first-order valence-electron chi connectivity index (χ1n) is 6.27. The van der Waals surface area contributed by atoms with E-state index in [4.69, 9.17) is 15.2 Å². The maximum atomic E-state index is 12.4. The largest absolute Gasteiger partial charge is 0.381 e. The molecule has 17 heavy (non-hydrogen) atoms. The van der Waals surface area contributed by atoms with E-state index in [9.17, 15) is 4.79 Å². The average Bonchev–Trinajstić information content (AvgIpc) is 2.76. The van der Waals surface area contributed by atoms with Gasteiger partial charge in [0.15, 0.2) is 0 Å². The second-order valence-electron chi connectivity index (χ2n) is 5.19. The Bertz CT molecular complexity index is 289. The molecule has 2 aliphatic rings. The number of nitrogens with zero attached hydrogens (tertiary/aromatic N) is 1. The minimum atomic E-state index is -0.797. The summed E-state index contributed by atoms with van der Waals surface area (Å²) in [5.41, 5.74) is 5.32. The first kappa shape index (κ1) is 12.8. The summed E-state index contributed by atoms with van der Waals surface area (Å²) < 4.78 is 10.6. The third kappa shape index (κ3) is 2.46. The van der Waals surface area contributed by atoms with Gasteiger partial charge in [-0.25, -0.2) is 0 Å². The molecule has 0 bridgehead atoms. The molecule has 3 atom stereocenters. The SMILES string of the molecule is COC1CCN(C(=O)C2(N)CCOC2)C(C)C1. The van der Waals surface area contributed by atoms with Gasteiger partial charge in [0.1, 0.15) is 5.54 Å². The van der Waals surface area contributed by atoms with E-state index in [1.54, 1.807) is 7.11 Å². The molecule has 0 spiro atoms. The molecule has 0 aliphatic carbocycles. The molecule has 98 valence electrons. The van der Waals surface area contributed by atoms with E-state index < -0.39 is 5.54 Å². The Labute approximate surface area is 102 Å². The van der Waals surface area contributed by atoms with Crippen LogP contribution < -0.4 is 5.73 Å². The number of hydrogen-bond acceptors (Lipinski definition) is 4. The summed E-state index contributed by atoms with van der Waals surface area (Å²) in [6.07, 6.45) is 2.67. The maximum absolute atomic E-state index is 12.4. The Kier molecular flexibility index (Phi) is 3.70. The zero-order valence-corrected chi connectivity index (χ0v) is 10.6. The highest BCUT2D eigenvalue weighted by atomic mass is 16.5. The Balaban J connectivity index is 2.00. The van der Waals surface area contributed by atoms with Crippen LogP contribution in [0.2, 0.25) is 0 Å². The molecule has 0 saturated carbocycles. The van der Waals surface area contributed by atoms with Crippen molar-refractivity contribution < 1.29 is 14.3 Å². The van der Waals surface area contributed by atoms with Crippen LogP contribution in [0.1, 0.15) is 26.2 Å². The minimum Gasteiger partial charge on any atom is -0.381 e. The van der Waals surface area contributed by atoms with E-state index >= 15 is 0 Å². The molecule has 5 nitrogen and oxygen atoms in total. The van der Waals surface area contributed by atoms with Crippen LogP contribution in [0.4, 0.5) is 0 Å². The standard InChI is InChI=1S/C12H22N2O3/c1-9-7-10(16-2)3-5-14(9)11(15)12(13)4-6-17-8-12/h9-10H,3-8,13H2,1-2H3. The number of carbonyl (C=O) groups is 1. The van der Waals surface area contributed by atoms with Gasteiger partial charge < -0.3 is 20.1 Å². The molecular weight excluding hydrogens is 220 g/mol. The van der Waals surface area contributed by atoms with Crippen molar-refractivity contribution in [1.82, 2.24) is 4.90 Å². The Hall–Kier alpha value is -0.650. The van der Waals surface area contributed by atoms with Gasteiger partial charge in [0.05, 0.1) is 12.7 Å². The van der Waals surface area contributed by atoms with Gasteiger partial charge in [-0.1, -0.05) is 0 Å². The van der Waals surface area contributed by atoms with Crippen molar-refractivity contribution in [3.05, 3.63) is 0 Å². The van der Waals surface area contributed by atoms with Gasteiger partial charge in [0.25, 0.3) is 0 Å². The Morgan fingerprint density at radius 1 is 1.59 bits per heavy atom. The van der Waals surface area contributed by atoms with Crippen molar-refractivity contribution in [2.75, 3.05) is 26.9 Å². The van der Waals surface area contributed by atoms with Crippen molar-refractivity contribution in [3.63, 3.8) is 0 Å². The van der Waals surface area contributed by atoms with Gasteiger partial charge in [0, 0.05) is 26.3 Å². The number of nitrogens with two attached hydrogens (primary N) is 1. The summed E-state index contributed by atoms with van der Waals surface area (Å²) in [7, 11) is 1.73. The van der Waals surface area contributed by atoms with Gasteiger partial charge in [0.2, 0.25) is 5.91 Å². The van der Waals surface area contributed by atoms with Crippen LogP contribution in [0.3, 0.4) is 0 Å². The molecule has 2 fully saturated rings. The summed E-state index contributed by atoms with van der Waals surface area (Å²) in [6, 6.07) is 0.197. The Morgan fingerprint density at radius 2 is 2.35 bits per heavy atom. The van der Waals surface area contributed by atoms with E-state index in [0.717, 1.165) is 19.4 Å². The normalized spacial score (nSPS) is 38.4. The van der Waals surface area contributed by atoms with Crippen LogP contribution in [0, 0.1) is 0 Å². The second-order valence-corrected chi connectivity index (χ2v) is 5.19. The topological polar surface area (TPSA) is 64.8 Å². The highest BCUT2D eigenvalue weighted by Gasteiger charge is 2.43. The quantitative estimate of drug-likeness (QED) is 0.747. The fraction of sp³-hybridized carbons (Fsp3) is 0.917. The lowest BCUT2D eigenvalue weighted by Crippen LogP contribution is -2.60. The van der Waals surface area contributed by atoms with Gasteiger partial charge >= 0.3 is 0 Å². The van der Waals surface area contributed by atoms with Crippen LogP contribution in [-0.4, -0.2) is 55.4 Å². The van der Waals surface area contributed by atoms with Crippen molar-refractivity contribution >= 4 is 5.91 Å². The third-order valence-electron chi connectivity index (χ3n) is 3.90. The van der Waals surface area contributed by atoms with Gasteiger partial charge in [-0.05, 0) is 26.2 Å². The van der Waals surface area contributed by atoms with E-state index in [1.165, 1.54) is 0 Å². The summed E-state index contributed by atoms with van der Waals surface area (Å²) in [5.74, 6) is 0.0389. The van der Waals surface area contributed by atoms with Crippen LogP contribution in [0.25, 0.3) is 0 Å². The van der Waals surface area contributed by atoms with Gasteiger partial charge in [-0.3, -0.25) is 4.79 Å². The van der Waals surface area contributed by atoms with Gasteiger partial charge in [-0.2, -0.15) is 0 Å². The molecule has 1 amide bonds. The van der Waals surface area contributed by atoms with Crippen LogP contribution >= 0.6 is 0 Å². The molecular formula is C12H22N2O3. The number of carbonyl (C=O) groups excluding carboxylic acids is 1. The molecule has 0 radical (unpaired) electrons. The van der Waals surface area contributed by atoms with Crippen LogP contribution in [0.15, 0.2) is 0 Å². The average molecular weight is 242 g/mol. The summed E-state index contributed by atoms with van der Waals surface area (Å²) in [5, 5.41) is 0. The molecule has 2 rings (SSSR count). The van der Waals surface area contributed by atoms with E-state index in [1.807, 2.05) is 4.90 Å². The lowest BCUT2D eigenvalue weighted by molar-refractivity contribution is -0.142. The molecule has 2 N–H and O–H groups in total. The predicted octanol–water partition coefficient (Wildman–Crippen LogP) is 0.130. The van der Waals surface area contributed by atoms with E-state index in [2.05, 4.69) is 6.92 Å². The first-order valence-corrected chi connectivity index (χ1v) is 6.27. The first-order chi connectivity index (χ1) is 8.07. The van der Waals surface area contributed by atoms with Crippen LogP contribution in [-0.2, 0) is 14.3 Å². The fourth-order valence-corrected chi connectivity index (χ4v) is 2.68. The number of ether oxygens (including phenoxy) is 2. The van der Waals surface area contributed by atoms with Crippen molar-refractivity contribution in [2.24, 2.45) is 5.73 Å². The summed E-state index contributed by atoms with van der Waals surface area (Å²) >= 11 is 0. The highest BCUT2D eigenvalue weighted by molar-refractivity contribution is 5.87. The molecule has 2 aliphatic heterocycles. The Morgan fingerprint density at radius 3 is 2.88 bits per heavy atom. The molecule has 2 saturated heterocycles. The highest BCUT2D eigenvalue weighted by Crippen LogP contribution is 2.25. The molecule has 5 heteroatoms. The van der Waals surface area contributed by atoms with E-state index in [-0.39, 0.29) is 18.1 Å². The fourth-order valence-electron chi connectivity index (χ4n) is 2.68. The molecule has 2 heterocycles. The monoisotopic (exact) mass is 242 g/mol. The third-order valence-corrected chi connectivity index (χ3v) is 3.90. The summed E-state index contributed by atoms with van der Waals surface area (Å²) in [6.45, 7) is 3.73. The molecule has 3 unspecified atom stereocenters. The number of amides is 1.